The van der Waals surface area contributed by atoms with Gasteiger partial charge in [-0.3, -0.25) is 4.79 Å². The molecule has 0 unspecified atom stereocenters. The van der Waals surface area contributed by atoms with Crippen molar-refractivity contribution in [3.63, 3.8) is 0 Å². The number of nitrogens with zero attached hydrogens (tertiary/aromatic N) is 4. The zero-order chi connectivity index (χ0) is 16.6. The molecule has 23 heavy (non-hydrogen) atoms. The Labute approximate surface area is 136 Å². The molecule has 0 spiro atoms. The molecule has 1 aliphatic rings. The first kappa shape index (κ1) is 15.9. The van der Waals surface area contributed by atoms with Gasteiger partial charge in [0.05, 0.1) is 17.1 Å². The quantitative estimate of drug-likeness (QED) is 0.937. The summed E-state index contributed by atoms with van der Waals surface area (Å²) in [7, 11) is 2.12. The van der Waals surface area contributed by atoms with Crippen molar-refractivity contribution in [2.45, 2.75) is 33.2 Å². The molecule has 3 heterocycles. The van der Waals surface area contributed by atoms with Crippen molar-refractivity contribution in [2.75, 3.05) is 26.7 Å². The van der Waals surface area contributed by atoms with Crippen molar-refractivity contribution in [1.82, 2.24) is 25.0 Å². The molecule has 0 bridgehead atoms. The van der Waals surface area contributed by atoms with Gasteiger partial charge >= 0.3 is 0 Å². The van der Waals surface area contributed by atoms with E-state index in [1.807, 2.05) is 17.7 Å². The van der Waals surface area contributed by atoms with Crippen molar-refractivity contribution in [2.24, 2.45) is 5.92 Å². The van der Waals surface area contributed by atoms with Gasteiger partial charge in [0.25, 0.3) is 5.91 Å². The normalized spacial score (nSPS) is 18.9. The molecule has 1 aliphatic heterocycles. The second kappa shape index (κ2) is 6.28. The van der Waals surface area contributed by atoms with E-state index in [1.165, 1.54) is 0 Å². The number of pyridine rings is 1. The van der Waals surface area contributed by atoms with Crippen molar-refractivity contribution in [1.29, 1.82) is 0 Å². The van der Waals surface area contributed by atoms with Crippen molar-refractivity contribution in [3.05, 3.63) is 23.5 Å². The van der Waals surface area contributed by atoms with Gasteiger partial charge in [-0.25, -0.2) is 9.67 Å². The second-order valence-electron chi connectivity index (χ2n) is 6.86. The van der Waals surface area contributed by atoms with Gasteiger partial charge in [-0.15, -0.1) is 0 Å². The average Bonchev–Trinajstić information content (AvgIpc) is 3.09. The summed E-state index contributed by atoms with van der Waals surface area (Å²) in [6.07, 6.45) is 2.90. The molecule has 1 amide bonds. The second-order valence-corrected chi connectivity index (χ2v) is 6.86. The van der Waals surface area contributed by atoms with Crippen LogP contribution in [0.1, 0.15) is 42.4 Å². The zero-order valence-electron chi connectivity index (χ0n) is 14.3. The summed E-state index contributed by atoms with van der Waals surface area (Å²) in [4.78, 5) is 19.5. The minimum Gasteiger partial charge on any atom is -0.352 e. The van der Waals surface area contributed by atoms with E-state index in [4.69, 9.17) is 0 Å². The Morgan fingerprint density at radius 1 is 1.48 bits per heavy atom. The number of aromatic nitrogens is 3. The Morgan fingerprint density at radius 2 is 2.26 bits per heavy atom. The van der Waals surface area contributed by atoms with Crippen molar-refractivity contribution in [3.8, 4) is 0 Å². The minimum atomic E-state index is -0.0293. The van der Waals surface area contributed by atoms with Crippen molar-refractivity contribution >= 4 is 16.9 Å². The number of rotatable bonds is 4. The number of fused-ring (bicyclic) bond motifs is 1. The van der Waals surface area contributed by atoms with E-state index in [2.05, 4.69) is 41.2 Å². The monoisotopic (exact) mass is 315 g/mol. The van der Waals surface area contributed by atoms with Crippen LogP contribution in [0.15, 0.2) is 12.3 Å². The number of aryl methyl sites for hydroxylation is 1. The third kappa shape index (κ3) is 3.22. The molecule has 1 saturated heterocycles. The number of hydrogen-bond acceptors (Lipinski definition) is 4. The zero-order valence-corrected chi connectivity index (χ0v) is 14.3. The lowest BCUT2D eigenvalue weighted by molar-refractivity contribution is 0.0949. The lowest BCUT2D eigenvalue weighted by Gasteiger charge is -2.13. The molecule has 0 aliphatic carbocycles. The standard InChI is InChI=1S/C17H25N5O/c1-11(2)22-16-15(9-19-22)14(7-12(3)20-16)17(23)18-8-13-5-6-21(4)10-13/h7,9,11,13H,5-6,8,10H2,1-4H3,(H,18,23)/t13-/m0/s1. The Hall–Kier alpha value is -1.95. The third-order valence-corrected chi connectivity index (χ3v) is 4.47. The first-order chi connectivity index (χ1) is 11.0. The molecule has 124 valence electrons. The van der Waals surface area contributed by atoms with Gasteiger partial charge in [0, 0.05) is 24.8 Å². The van der Waals surface area contributed by atoms with Gasteiger partial charge in [0.15, 0.2) is 5.65 Å². The fraction of sp³-hybridized carbons (Fsp3) is 0.588. The fourth-order valence-corrected chi connectivity index (χ4v) is 3.23. The topological polar surface area (TPSA) is 63.1 Å². The summed E-state index contributed by atoms with van der Waals surface area (Å²) < 4.78 is 1.87. The Kier molecular flexibility index (Phi) is 4.35. The number of likely N-dealkylation sites (tertiary alicyclic amines) is 1. The Morgan fingerprint density at radius 3 is 2.91 bits per heavy atom. The van der Waals surface area contributed by atoms with E-state index in [0.717, 1.165) is 42.8 Å². The SMILES string of the molecule is Cc1cc(C(=O)NC[C@@H]2CCN(C)C2)c2cnn(C(C)C)c2n1. The van der Waals surface area contributed by atoms with Gasteiger partial charge in [-0.1, -0.05) is 0 Å². The molecule has 3 rings (SSSR count). The number of hydrogen-bond donors (Lipinski definition) is 1. The molecule has 1 atom stereocenters. The summed E-state index contributed by atoms with van der Waals surface area (Å²) in [5, 5.41) is 8.31. The number of nitrogens with one attached hydrogen (secondary N) is 1. The maximum absolute atomic E-state index is 12.6. The van der Waals surface area contributed by atoms with Crippen LogP contribution >= 0.6 is 0 Å². The van der Waals surface area contributed by atoms with Gasteiger partial charge in [-0.05, 0) is 52.8 Å². The molecule has 1 fully saturated rings. The van der Waals surface area contributed by atoms with Crippen LogP contribution in [-0.2, 0) is 0 Å². The first-order valence-corrected chi connectivity index (χ1v) is 8.27. The van der Waals surface area contributed by atoms with Crippen LogP contribution in [0.3, 0.4) is 0 Å². The molecular formula is C17H25N5O. The molecule has 2 aromatic heterocycles. The lowest BCUT2D eigenvalue weighted by atomic mass is 10.1. The van der Waals surface area contributed by atoms with Gasteiger partial charge in [0.2, 0.25) is 0 Å². The summed E-state index contributed by atoms with van der Waals surface area (Å²) >= 11 is 0. The fourth-order valence-electron chi connectivity index (χ4n) is 3.23. The highest BCUT2D eigenvalue weighted by atomic mass is 16.1. The smallest absolute Gasteiger partial charge is 0.252 e. The third-order valence-electron chi connectivity index (χ3n) is 4.47. The average molecular weight is 315 g/mol. The maximum atomic E-state index is 12.6. The van der Waals surface area contributed by atoms with Crippen LogP contribution in [0.2, 0.25) is 0 Å². The van der Waals surface area contributed by atoms with E-state index >= 15 is 0 Å². The van der Waals surface area contributed by atoms with Gasteiger partial charge in [-0.2, -0.15) is 5.10 Å². The van der Waals surface area contributed by atoms with E-state index in [0.29, 0.717) is 11.5 Å². The predicted octanol–water partition coefficient (Wildman–Crippen LogP) is 2.00. The number of carbonyl (C=O) groups excluding carboxylic acids is 1. The van der Waals surface area contributed by atoms with E-state index in [1.54, 1.807) is 6.20 Å². The summed E-state index contributed by atoms with van der Waals surface area (Å²) in [6.45, 7) is 8.93. The predicted molar refractivity (Wildman–Crippen MR) is 90.6 cm³/mol. The van der Waals surface area contributed by atoms with Crippen LogP contribution in [0.5, 0.6) is 0 Å². The molecule has 1 N–H and O–H groups in total. The molecule has 6 heteroatoms. The molecule has 0 saturated carbocycles. The van der Waals surface area contributed by atoms with Gasteiger partial charge in [0.1, 0.15) is 0 Å². The van der Waals surface area contributed by atoms with Gasteiger partial charge < -0.3 is 10.2 Å². The minimum absolute atomic E-state index is 0.0293. The van der Waals surface area contributed by atoms with Crippen molar-refractivity contribution < 1.29 is 4.79 Å². The summed E-state index contributed by atoms with van der Waals surface area (Å²) in [5.41, 5.74) is 2.29. The molecule has 0 radical (unpaired) electrons. The first-order valence-electron chi connectivity index (χ1n) is 8.27. The summed E-state index contributed by atoms with van der Waals surface area (Å²) in [5.74, 6) is 0.513. The molecule has 2 aromatic rings. The highest BCUT2D eigenvalue weighted by Gasteiger charge is 2.21. The molecule has 0 aromatic carbocycles. The highest BCUT2D eigenvalue weighted by Crippen LogP contribution is 2.21. The summed E-state index contributed by atoms with van der Waals surface area (Å²) in [6, 6.07) is 2.07. The van der Waals surface area contributed by atoms with E-state index in [-0.39, 0.29) is 11.9 Å². The molecular weight excluding hydrogens is 290 g/mol. The maximum Gasteiger partial charge on any atom is 0.252 e. The van der Waals surface area contributed by atoms with Crippen LogP contribution in [0.25, 0.3) is 11.0 Å². The Balaban J connectivity index is 1.82. The van der Waals surface area contributed by atoms with Crippen LogP contribution in [-0.4, -0.2) is 52.3 Å². The highest BCUT2D eigenvalue weighted by molar-refractivity contribution is 6.05. The number of amides is 1. The van der Waals surface area contributed by atoms with Crippen LogP contribution < -0.4 is 5.32 Å². The van der Waals surface area contributed by atoms with E-state index in [9.17, 15) is 4.79 Å². The molecule has 6 nitrogen and oxygen atoms in total. The number of carbonyl (C=O) groups is 1. The van der Waals surface area contributed by atoms with E-state index < -0.39 is 0 Å². The largest absolute Gasteiger partial charge is 0.352 e. The lowest BCUT2D eigenvalue weighted by Crippen LogP contribution is -2.30. The Bertz CT molecular complexity index is 721. The van der Waals surface area contributed by atoms with Crippen LogP contribution in [0, 0.1) is 12.8 Å². The van der Waals surface area contributed by atoms with Crippen LogP contribution in [0.4, 0.5) is 0 Å².